The number of anilines is 1. The quantitative estimate of drug-likeness (QED) is 0.343. The molecule has 2 rings (SSSR count). The molecular weight excluding hydrogens is 394 g/mol. The lowest BCUT2D eigenvalue weighted by molar-refractivity contribution is -0.140. The Morgan fingerprint density at radius 3 is 2.23 bits per heavy atom. The molecule has 0 saturated carbocycles. The highest BCUT2D eigenvalue weighted by Crippen LogP contribution is 2.32. The fourth-order valence-corrected chi connectivity index (χ4v) is 4.41. The summed E-state index contributed by atoms with van der Waals surface area (Å²) in [5.41, 5.74) is 0.995. The topological polar surface area (TPSA) is 64.4 Å². The molecule has 0 radical (unpaired) electrons. The zero-order valence-electron chi connectivity index (χ0n) is 18.7. The maximum absolute atomic E-state index is 13.0. The zero-order valence-corrected chi connectivity index (χ0v) is 19.5. The number of nitriles is 1. The molecule has 6 heteroatoms. The second-order valence-electron chi connectivity index (χ2n) is 7.66. The summed E-state index contributed by atoms with van der Waals surface area (Å²) in [7, 11) is 0. The highest BCUT2D eigenvalue weighted by Gasteiger charge is 2.35. The second kappa shape index (κ2) is 11.7. The molecular formula is C24H33N3O2S. The molecule has 1 aromatic heterocycles. The first-order valence-corrected chi connectivity index (χ1v) is 11.8. The SMILES string of the molecule is CCCCN1C(=O)C(=Cc2ccc(N(CCCC)CCCC)s2)C(C)=C(C#N)C1=O. The molecule has 1 aromatic rings. The van der Waals surface area contributed by atoms with E-state index in [9.17, 15) is 14.9 Å². The molecule has 0 bridgehead atoms. The molecule has 5 nitrogen and oxygen atoms in total. The predicted molar refractivity (Wildman–Crippen MR) is 124 cm³/mol. The van der Waals surface area contributed by atoms with Crippen LogP contribution in [-0.2, 0) is 9.59 Å². The van der Waals surface area contributed by atoms with E-state index in [0.29, 0.717) is 17.7 Å². The lowest BCUT2D eigenvalue weighted by Crippen LogP contribution is -2.43. The lowest BCUT2D eigenvalue weighted by Gasteiger charge is -2.27. The summed E-state index contributed by atoms with van der Waals surface area (Å²) in [6.45, 7) is 10.5. The highest BCUT2D eigenvalue weighted by molar-refractivity contribution is 7.17. The van der Waals surface area contributed by atoms with Crippen molar-refractivity contribution in [3.63, 3.8) is 0 Å². The van der Waals surface area contributed by atoms with E-state index >= 15 is 0 Å². The lowest BCUT2D eigenvalue weighted by atomic mass is 9.94. The van der Waals surface area contributed by atoms with E-state index in [1.165, 1.54) is 9.90 Å². The van der Waals surface area contributed by atoms with Crippen LogP contribution in [0.15, 0.2) is 28.9 Å². The Bertz CT molecular complexity index is 852. The Morgan fingerprint density at radius 1 is 1.03 bits per heavy atom. The monoisotopic (exact) mass is 427 g/mol. The predicted octanol–water partition coefficient (Wildman–Crippen LogP) is 5.55. The summed E-state index contributed by atoms with van der Waals surface area (Å²) in [5, 5.41) is 10.7. The molecule has 0 unspecified atom stereocenters. The van der Waals surface area contributed by atoms with Crippen LogP contribution in [0.2, 0.25) is 0 Å². The average Bonchev–Trinajstić information content (AvgIpc) is 3.20. The van der Waals surface area contributed by atoms with Gasteiger partial charge in [-0.15, -0.1) is 11.3 Å². The van der Waals surface area contributed by atoms with Gasteiger partial charge in [0, 0.05) is 30.1 Å². The van der Waals surface area contributed by atoms with Crippen LogP contribution in [0.4, 0.5) is 5.00 Å². The molecule has 0 atom stereocenters. The van der Waals surface area contributed by atoms with Crippen LogP contribution in [-0.4, -0.2) is 36.3 Å². The van der Waals surface area contributed by atoms with E-state index in [0.717, 1.165) is 56.5 Å². The van der Waals surface area contributed by atoms with Crippen molar-refractivity contribution in [1.82, 2.24) is 4.90 Å². The summed E-state index contributed by atoms with van der Waals surface area (Å²) in [4.78, 5) is 30.2. The van der Waals surface area contributed by atoms with Crippen LogP contribution < -0.4 is 4.90 Å². The fourth-order valence-electron chi connectivity index (χ4n) is 3.41. The van der Waals surface area contributed by atoms with E-state index < -0.39 is 5.91 Å². The van der Waals surface area contributed by atoms with Crippen molar-refractivity contribution in [2.75, 3.05) is 24.5 Å². The first-order chi connectivity index (χ1) is 14.5. The van der Waals surface area contributed by atoms with Crippen molar-refractivity contribution in [2.45, 2.75) is 66.2 Å². The number of rotatable bonds is 11. The summed E-state index contributed by atoms with van der Waals surface area (Å²) in [5.74, 6) is -0.767. The molecule has 162 valence electrons. The minimum Gasteiger partial charge on any atom is -0.363 e. The normalized spacial score (nSPS) is 15.8. The number of hydrogen-bond donors (Lipinski definition) is 0. The van der Waals surface area contributed by atoms with Crippen LogP contribution in [0, 0.1) is 11.3 Å². The van der Waals surface area contributed by atoms with Gasteiger partial charge in [-0.2, -0.15) is 5.26 Å². The van der Waals surface area contributed by atoms with E-state index in [1.54, 1.807) is 18.3 Å². The van der Waals surface area contributed by atoms with Crippen molar-refractivity contribution < 1.29 is 9.59 Å². The zero-order chi connectivity index (χ0) is 22.1. The first kappa shape index (κ1) is 23.9. The number of hydrogen-bond acceptors (Lipinski definition) is 5. The van der Waals surface area contributed by atoms with E-state index in [4.69, 9.17) is 0 Å². The van der Waals surface area contributed by atoms with Crippen molar-refractivity contribution in [3.05, 3.63) is 33.7 Å². The van der Waals surface area contributed by atoms with Crippen LogP contribution in [0.3, 0.4) is 0 Å². The van der Waals surface area contributed by atoms with Gasteiger partial charge < -0.3 is 4.90 Å². The van der Waals surface area contributed by atoms with Gasteiger partial charge in [0.05, 0.1) is 5.00 Å². The average molecular weight is 428 g/mol. The summed E-state index contributed by atoms with van der Waals surface area (Å²) in [6, 6.07) is 6.14. The number of unbranched alkanes of at least 4 members (excludes halogenated alkanes) is 3. The maximum Gasteiger partial charge on any atom is 0.271 e. The second-order valence-corrected chi connectivity index (χ2v) is 8.75. The van der Waals surface area contributed by atoms with Crippen LogP contribution >= 0.6 is 11.3 Å². The van der Waals surface area contributed by atoms with Crippen molar-refractivity contribution in [3.8, 4) is 6.07 Å². The van der Waals surface area contributed by atoms with Gasteiger partial charge in [-0.3, -0.25) is 14.5 Å². The molecule has 1 aliphatic rings. The Hall–Kier alpha value is -2.39. The van der Waals surface area contributed by atoms with Gasteiger partial charge in [-0.25, -0.2) is 0 Å². The number of amides is 2. The number of thiophene rings is 1. The molecule has 0 spiro atoms. The summed E-state index contributed by atoms with van der Waals surface area (Å²) >= 11 is 1.66. The van der Waals surface area contributed by atoms with Crippen LogP contribution in [0.1, 0.15) is 71.1 Å². The van der Waals surface area contributed by atoms with Crippen LogP contribution in [0.5, 0.6) is 0 Å². The molecule has 0 N–H and O–H groups in total. The van der Waals surface area contributed by atoms with Gasteiger partial charge in [-0.1, -0.05) is 40.0 Å². The third-order valence-corrected chi connectivity index (χ3v) is 6.43. The smallest absolute Gasteiger partial charge is 0.271 e. The largest absolute Gasteiger partial charge is 0.363 e. The molecule has 1 aliphatic heterocycles. The van der Waals surface area contributed by atoms with Crippen molar-refractivity contribution >= 4 is 34.2 Å². The Morgan fingerprint density at radius 2 is 1.67 bits per heavy atom. The van der Waals surface area contributed by atoms with Gasteiger partial charge in [0.1, 0.15) is 11.6 Å². The molecule has 2 heterocycles. The Balaban J connectivity index is 2.36. The summed E-state index contributed by atoms with van der Waals surface area (Å²) < 4.78 is 0. The highest BCUT2D eigenvalue weighted by atomic mass is 32.1. The Kier molecular flexibility index (Phi) is 9.32. The number of imide groups is 1. The molecule has 0 aliphatic carbocycles. The minimum absolute atomic E-state index is 0.0706. The van der Waals surface area contributed by atoms with Gasteiger partial charge in [0.25, 0.3) is 11.8 Å². The molecule has 30 heavy (non-hydrogen) atoms. The Labute approximate surface area is 184 Å². The van der Waals surface area contributed by atoms with E-state index in [2.05, 4.69) is 24.8 Å². The van der Waals surface area contributed by atoms with Crippen molar-refractivity contribution in [2.24, 2.45) is 0 Å². The minimum atomic E-state index is -0.470. The molecule has 0 saturated heterocycles. The number of carbonyl (C=O) groups is 2. The van der Waals surface area contributed by atoms with Gasteiger partial charge in [0.2, 0.25) is 0 Å². The molecule has 0 fully saturated rings. The van der Waals surface area contributed by atoms with Gasteiger partial charge in [-0.05, 0) is 50.0 Å². The summed E-state index contributed by atoms with van der Waals surface area (Å²) in [6.07, 6.45) is 8.06. The maximum atomic E-state index is 13.0. The first-order valence-electron chi connectivity index (χ1n) is 11.0. The standard InChI is InChI=1S/C24H33N3O2S/c1-5-8-13-26(14-9-6-2)22-12-11-19(30-22)16-20-18(4)21(17-25)24(29)27(23(20)28)15-10-7-3/h11-12,16H,5-10,13-15H2,1-4H3. The fraction of sp³-hybridized carbons (Fsp3) is 0.542. The molecule has 0 aromatic carbocycles. The van der Waals surface area contributed by atoms with Gasteiger partial charge in [0.15, 0.2) is 0 Å². The van der Waals surface area contributed by atoms with Crippen LogP contribution in [0.25, 0.3) is 6.08 Å². The van der Waals surface area contributed by atoms with Crippen molar-refractivity contribution in [1.29, 1.82) is 5.26 Å². The third-order valence-electron chi connectivity index (χ3n) is 5.33. The van der Waals surface area contributed by atoms with E-state index in [1.807, 2.05) is 25.1 Å². The number of nitrogens with zero attached hydrogens (tertiary/aromatic N) is 3. The third kappa shape index (κ3) is 5.60. The van der Waals surface area contributed by atoms with E-state index in [-0.39, 0.29) is 11.5 Å². The number of carbonyl (C=O) groups excluding carboxylic acids is 2. The van der Waals surface area contributed by atoms with Gasteiger partial charge >= 0.3 is 0 Å². The molecule has 2 amide bonds.